The number of nitrogens with one attached hydrogen (secondary N) is 1. The fourth-order valence-corrected chi connectivity index (χ4v) is 2.40. The van der Waals surface area contributed by atoms with E-state index in [1.807, 2.05) is 17.6 Å². The third-order valence-electron chi connectivity index (χ3n) is 3.83. The predicted molar refractivity (Wildman–Crippen MR) is 78.0 cm³/mol. The van der Waals surface area contributed by atoms with Crippen LogP contribution in [0.2, 0.25) is 0 Å². The largest absolute Gasteiger partial charge is 0.369 e. The summed E-state index contributed by atoms with van der Waals surface area (Å²) in [5.74, 6) is -0.475. The summed E-state index contributed by atoms with van der Waals surface area (Å²) in [6.45, 7) is 3.27. The zero-order chi connectivity index (χ0) is 14.1. The van der Waals surface area contributed by atoms with Gasteiger partial charge in [0.15, 0.2) is 0 Å². The minimum atomic E-state index is -0.277. The SMILES string of the molecule is CC(Cn1cc(CNC2CC2)c2cccnc21)C(N)=O. The average molecular weight is 272 g/mol. The van der Waals surface area contributed by atoms with Gasteiger partial charge in [-0.3, -0.25) is 4.79 Å². The molecular weight excluding hydrogens is 252 g/mol. The van der Waals surface area contributed by atoms with Crippen LogP contribution in [0.25, 0.3) is 11.0 Å². The maximum Gasteiger partial charge on any atom is 0.222 e. The molecule has 0 saturated heterocycles. The molecule has 1 aliphatic carbocycles. The van der Waals surface area contributed by atoms with Crippen molar-refractivity contribution in [3.8, 4) is 0 Å². The van der Waals surface area contributed by atoms with Gasteiger partial charge in [-0.15, -0.1) is 0 Å². The summed E-state index contributed by atoms with van der Waals surface area (Å²) in [4.78, 5) is 15.7. The molecule has 5 nitrogen and oxygen atoms in total. The Balaban J connectivity index is 1.88. The summed E-state index contributed by atoms with van der Waals surface area (Å²) in [6.07, 6.45) is 6.42. The van der Waals surface area contributed by atoms with Crippen LogP contribution in [0, 0.1) is 5.92 Å². The summed E-state index contributed by atoms with van der Waals surface area (Å²) in [5, 5.41) is 4.67. The Morgan fingerprint density at radius 2 is 2.40 bits per heavy atom. The van der Waals surface area contributed by atoms with Crippen LogP contribution in [0.1, 0.15) is 25.3 Å². The van der Waals surface area contributed by atoms with Gasteiger partial charge in [0, 0.05) is 36.9 Å². The summed E-state index contributed by atoms with van der Waals surface area (Å²) in [5.41, 5.74) is 7.51. The smallest absolute Gasteiger partial charge is 0.222 e. The second kappa shape index (κ2) is 5.25. The van der Waals surface area contributed by atoms with Crippen molar-refractivity contribution >= 4 is 16.9 Å². The number of primary amides is 1. The third-order valence-corrected chi connectivity index (χ3v) is 3.83. The van der Waals surface area contributed by atoms with Crippen molar-refractivity contribution in [1.29, 1.82) is 0 Å². The summed E-state index contributed by atoms with van der Waals surface area (Å²) in [6, 6.07) is 4.71. The van der Waals surface area contributed by atoms with Crippen molar-refractivity contribution < 1.29 is 4.79 Å². The molecular formula is C15H20N4O. The fraction of sp³-hybridized carbons (Fsp3) is 0.467. The van der Waals surface area contributed by atoms with E-state index in [1.54, 1.807) is 6.20 Å². The van der Waals surface area contributed by atoms with E-state index in [0.29, 0.717) is 12.6 Å². The number of pyridine rings is 1. The van der Waals surface area contributed by atoms with Gasteiger partial charge in [0.2, 0.25) is 5.91 Å². The van der Waals surface area contributed by atoms with Gasteiger partial charge in [-0.25, -0.2) is 4.98 Å². The van der Waals surface area contributed by atoms with E-state index >= 15 is 0 Å². The number of aromatic nitrogens is 2. The van der Waals surface area contributed by atoms with Crippen molar-refractivity contribution in [2.45, 2.75) is 38.9 Å². The van der Waals surface area contributed by atoms with Crippen LogP contribution < -0.4 is 11.1 Å². The molecule has 106 valence electrons. The molecule has 3 N–H and O–H groups in total. The van der Waals surface area contributed by atoms with E-state index in [1.165, 1.54) is 18.4 Å². The highest BCUT2D eigenvalue weighted by Gasteiger charge is 2.21. The topological polar surface area (TPSA) is 72.9 Å². The number of carbonyl (C=O) groups is 1. The summed E-state index contributed by atoms with van der Waals surface area (Å²) in [7, 11) is 0. The normalized spacial score (nSPS) is 16.4. The lowest BCUT2D eigenvalue weighted by Crippen LogP contribution is -2.24. The molecule has 5 heteroatoms. The summed E-state index contributed by atoms with van der Waals surface area (Å²) < 4.78 is 2.04. The molecule has 2 aromatic rings. The van der Waals surface area contributed by atoms with Crippen LogP contribution in [0.15, 0.2) is 24.5 Å². The molecule has 0 radical (unpaired) electrons. The van der Waals surface area contributed by atoms with Gasteiger partial charge in [0.05, 0.1) is 5.92 Å². The molecule has 1 unspecified atom stereocenters. The van der Waals surface area contributed by atoms with Crippen LogP contribution in [0.5, 0.6) is 0 Å². The molecule has 1 saturated carbocycles. The van der Waals surface area contributed by atoms with Crippen molar-refractivity contribution in [2.75, 3.05) is 0 Å². The van der Waals surface area contributed by atoms with Crippen molar-refractivity contribution in [2.24, 2.45) is 11.7 Å². The average Bonchev–Trinajstić information content (AvgIpc) is 3.20. The van der Waals surface area contributed by atoms with Gasteiger partial charge in [0.1, 0.15) is 5.65 Å². The highest BCUT2D eigenvalue weighted by Crippen LogP contribution is 2.23. The van der Waals surface area contributed by atoms with Crippen LogP contribution >= 0.6 is 0 Å². The zero-order valence-electron chi connectivity index (χ0n) is 11.7. The predicted octanol–water partition coefficient (Wildman–Crippen LogP) is 1.41. The monoisotopic (exact) mass is 272 g/mol. The number of amides is 1. The molecule has 1 amide bonds. The molecule has 0 bridgehead atoms. The molecule has 0 aliphatic heterocycles. The Hall–Kier alpha value is -1.88. The van der Waals surface area contributed by atoms with Crippen molar-refractivity contribution in [1.82, 2.24) is 14.9 Å². The Labute approximate surface area is 118 Å². The number of rotatable bonds is 6. The standard InChI is InChI=1S/C15H20N4O/c1-10(14(16)20)8-19-9-11(7-18-12-4-5-12)13-3-2-6-17-15(13)19/h2-3,6,9-10,12,18H,4-5,7-8H2,1H3,(H2,16,20). The maximum absolute atomic E-state index is 11.2. The fourth-order valence-electron chi connectivity index (χ4n) is 2.40. The minimum Gasteiger partial charge on any atom is -0.369 e. The summed E-state index contributed by atoms with van der Waals surface area (Å²) >= 11 is 0. The first-order valence-corrected chi connectivity index (χ1v) is 7.10. The van der Waals surface area contributed by atoms with E-state index in [9.17, 15) is 4.79 Å². The first-order valence-electron chi connectivity index (χ1n) is 7.10. The number of hydrogen-bond donors (Lipinski definition) is 2. The number of hydrogen-bond acceptors (Lipinski definition) is 3. The van der Waals surface area contributed by atoms with Crippen molar-refractivity contribution in [3.05, 3.63) is 30.1 Å². The van der Waals surface area contributed by atoms with Crippen LogP contribution in [-0.2, 0) is 17.9 Å². The van der Waals surface area contributed by atoms with Crippen LogP contribution in [0.4, 0.5) is 0 Å². The van der Waals surface area contributed by atoms with E-state index in [2.05, 4.69) is 22.6 Å². The highest BCUT2D eigenvalue weighted by molar-refractivity contribution is 5.81. The second-order valence-corrected chi connectivity index (χ2v) is 5.64. The molecule has 1 atom stereocenters. The molecule has 0 spiro atoms. The molecule has 3 rings (SSSR count). The third kappa shape index (κ3) is 2.67. The Kier molecular flexibility index (Phi) is 3.44. The van der Waals surface area contributed by atoms with Gasteiger partial charge in [-0.2, -0.15) is 0 Å². The lowest BCUT2D eigenvalue weighted by atomic mass is 10.2. The van der Waals surface area contributed by atoms with Crippen LogP contribution in [0.3, 0.4) is 0 Å². The Bertz CT molecular complexity index is 630. The Morgan fingerprint density at radius 1 is 1.60 bits per heavy atom. The molecule has 20 heavy (non-hydrogen) atoms. The lowest BCUT2D eigenvalue weighted by Gasteiger charge is -2.09. The quantitative estimate of drug-likeness (QED) is 0.835. The van der Waals surface area contributed by atoms with Crippen LogP contribution in [-0.4, -0.2) is 21.5 Å². The van der Waals surface area contributed by atoms with Gasteiger partial charge < -0.3 is 15.6 Å². The number of carbonyl (C=O) groups excluding carboxylic acids is 1. The maximum atomic E-state index is 11.2. The first kappa shape index (κ1) is 13.1. The molecule has 1 aliphatic rings. The van der Waals surface area contributed by atoms with Gasteiger partial charge in [-0.1, -0.05) is 6.92 Å². The van der Waals surface area contributed by atoms with E-state index in [4.69, 9.17) is 5.73 Å². The molecule has 1 fully saturated rings. The number of nitrogens with two attached hydrogens (primary N) is 1. The second-order valence-electron chi connectivity index (χ2n) is 5.64. The van der Waals surface area contributed by atoms with Crippen molar-refractivity contribution in [3.63, 3.8) is 0 Å². The first-order chi connectivity index (χ1) is 9.65. The van der Waals surface area contributed by atoms with Gasteiger partial charge >= 0.3 is 0 Å². The number of nitrogens with zero attached hydrogens (tertiary/aromatic N) is 2. The minimum absolute atomic E-state index is 0.197. The number of fused-ring (bicyclic) bond motifs is 1. The molecule has 0 aromatic carbocycles. The lowest BCUT2D eigenvalue weighted by molar-refractivity contribution is -0.121. The molecule has 2 heterocycles. The van der Waals surface area contributed by atoms with Gasteiger partial charge in [-0.05, 0) is 30.5 Å². The van der Waals surface area contributed by atoms with E-state index in [0.717, 1.165) is 17.6 Å². The van der Waals surface area contributed by atoms with E-state index < -0.39 is 0 Å². The zero-order valence-corrected chi connectivity index (χ0v) is 11.7. The highest BCUT2D eigenvalue weighted by atomic mass is 16.1. The van der Waals surface area contributed by atoms with Gasteiger partial charge in [0.25, 0.3) is 0 Å². The molecule has 2 aromatic heterocycles. The Morgan fingerprint density at radius 3 is 3.10 bits per heavy atom. The van der Waals surface area contributed by atoms with E-state index in [-0.39, 0.29) is 11.8 Å².